The number of pyridine rings is 1. The summed E-state index contributed by atoms with van der Waals surface area (Å²) in [5.74, 6) is -0.232. The number of carbonyl (C=O) groups excluding carboxylic acids is 1. The third-order valence-corrected chi connectivity index (χ3v) is 6.14. The van der Waals surface area contributed by atoms with Gasteiger partial charge in [0.25, 0.3) is 0 Å². The van der Waals surface area contributed by atoms with E-state index in [1.165, 1.54) is 4.31 Å². The second-order valence-electron chi connectivity index (χ2n) is 5.91. The van der Waals surface area contributed by atoms with Crippen LogP contribution in [0.25, 0.3) is 0 Å². The third kappa shape index (κ3) is 4.75. The highest BCUT2D eigenvalue weighted by molar-refractivity contribution is 7.89. The highest BCUT2D eigenvalue weighted by Gasteiger charge is 2.31. The number of sulfonamides is 1. The molecule has 0 spiro atoms. The van der Waals surface area contributed by atoms with E-state index in [9.17, 15) is 13.2 Å². The van der Waals surface area contributed by atoms with Gasteiger partial charge in [0.05, 0.1) is 11.7 Å². The summed E-state index contributed by atoms with van der Waals surface area (Å²) in [4.78, 5) is 16.6. The summed E-state index contributed by atoms with van der Waals surface area (Å²) < 4.78 is 25.3. The lowest BCUT2D eigenvalue weighted by Crippen LogP contribution is -2.46. The first-order valence-electron chi connectivity index (χ1n) is 8.10. The molecule has 7 heteroatoms. The van der Waals surface area contributed by atoms with Gasteiger partial charge < -0.3 is 5.32 Å². The third-order valence-electron chi connectivity index (χ3n) is 4.29. The molecule has 2 rings (SSSR count). The molecule has 1 aliphatic heterocycles. The van der Waals surface area contributed by atoms with Crippen molar-refractivity contribution in [2.45, 2.75) is 33.1 Å². The maximum atomic E-state index is 12.3. The van der Waals surface area contributed by atoms with Crippen molar-refractivity contribution >= 4 is 15.9 Å². The monoisotopic (exact) mass is 339 g/mol. The van der Waals surface area contributed by atoms with Crippen LogP contribution in [0.2, 0.25) is 0 Å². The lowest BCUT2D eigenvalue weighted by Gasteiger charge is -2.30. The minimum atomic E-state index is -3.21. The number of carbonyl (C=O) groups is 1. The Morgan fingerprint density at radius 1 is 1.48 bits per heavy atom. The summed E-state index contributed by atoms with van der Waals surface area (Å²) in [5, 5.41) is 2.92. The fraction of sp³-hybridized carbons (Fsp3) is 0.625. The Morgan fingerprint density at radius 2 is 2.26 bits per heavy atom. The zero-order valence-corrected chi connectivity index (χ0v) is 14.6. The minimum Gasteiger partial charge on any atom is -0.355 e. The van der Waals surface area contributed by atoms with Crippen molar-refractivity contribution in [1.29, 1.82) is 0 Å². The van der Waals surface area contributed by atoms with E-state index in [0.29, 0.717) is 26.1 Å². The molecular weight excluding hydrogens is 314 g/mol. The van der Waals surface area contributed by atoms with Crippen LogP contribution in [0.4, 0.5) is 0 Å². The van der Waals surface area contributed by atoms with E-state index in [1.54, 1.807) is 13.1 Å². The molecule has 1 aliphatic rings. The van der Waals surface area contributed by atoms with Crippen LogP contribution in [-0.2, 0) is 21.2 Å². The van der Waals surface area contributed by atoms with Crippen LogP contribution in [0, 0.1) is 12.8 Å². The first-order valence-corrected chi connectivity index (χ1v) is 9.71. The molecule has 0 radical (unpaired) electrons. The Kier molecular flexibility index (Phi) is 6.12. The van der Waals surface area contributed by atoms with Gasteiger partial charge in [-0.25, -0.2) is 12.7 Å². The van der Waals surface area contributed by atoms with E-state index in [2.05, 4.69) is 10.3 Å². The predicted molar refractivity (Wildman–Crippen MR) is 89.4 cm³/mol. The lowest BCUT2D eigenvalue weighted by molar-refractivity contribution is -0.126. The molecule has 128 valence electrons. The fourth-order valence-electron chi connectivity index (χ4n) is 2.82. The molecule has 1 amide bonds. The van der Waals surface area contributed by atoms with Crippen LogP contribution in [-0.4, -0.2) is 49.0 Å². The van der Waals surface area contributed by atoms with Crippen molar-refractivity contribution < 1.29 is 13.2 Å². The van der Waals surface area contributed by atoms with Crippen molar-refractivity contribution in [3.05, 3.63) is 29.6 Å². The Bertz CT molecular complexity index is 646. The quantitative estimate of drug-likeness (QED) is 0.842. The molecule has 0 aromatic carbocycles. The molecule has 2 heterocycles. The number of aryl methyl sites for hydroxylation is 1. The average Bonchev–Trinajstić information content (AvgIpc) is 2.56. The van der Waals surface area contributed by atoms with Crippen LogP contribution >= 0.6 is 0 Å². The highest BCUT2D eigenvalue weighted by atomic mass is 32.2. The average molecular weight is 339 g/mol. The molecule has 1 aromatic heterocycles. The Labute approximate surface area is 138 Å². The van der Waals surface area contributed by atoms with Gasteiger partial charge in [0.2, 0.25) is 15.9 Å². The molecule has 1 fully saturated rings. The summed E-state index contributed by atoms with van der Waals surface area (Å²) in [7, 11) is -3.21. The molecule has 1 unspecified atom stereocenters. The number of rotatable bonds is 6. The zero-order chi connectivity index (χ0) is 16.9. The summed E-state index contributed by atoms with van der Waals surface area (Å²) in [6.45, 7) is 4.97. The SMILES string of the molecule is CCS(=O)(=O)N1CCCC(C(=O)NCCc2ncccc2C)C1. The minimum absolute atomic E-state index is 0.0606. The van der Waals surface area contributed by atoms with Crippen LogP contribution in [0.1, 0.15) is 31.0 Å². The lowest BCUT2D eigenvalue weighted by atomic mass is 9.99. The largest absolute Gasteiger partial charge is 0.355 e. The van der Waals surface area contributed by atoms with E-state index >= 15 is 0 Å². The van der Waals surface area contributed by atoms with Gasteiger partial charge in [0.1, 0.15) is 0 Å². The van der Waals surface area contributed by atoms with Gasteiger partial charge in [-0.1, -0.05) is 6.07 Å². The number of piperidine rings is 1. The molecular formula is C16H25N3O3S. The zero-order valence-electron chi connectivity index (χ0n) is 13.8. The van der Waals surface area contributed by atoms with Crippen LogP contribution < -0.4 is 5.32 Å². The Morgan fingerprint density at radius 3 is 2.96 bits per heavy atom. The predicted octanol–water partition coefficient (Wildman–Crippen LogP) is 1.11. The standard InChI is InChI=1S/C16H25N3O3S/c1-3-23(21,22)19-11-5-7-14(12-19)16(20)18-10-8-15-13(2)6-4-9-17-15/h4,6,9,14H,3,5,7-8,10-12H2,1-2H3,(H,18,20). The van der Waals surface area contributed by atoms with Gasteiger partial charge in [-0.3, -0.25) is 9.78 Å². The number of hydrogen-bond donors (Lipinski definition) is 1. The first-order chi connectivity index (χ1) is 10.9. The number of hydrogen-bond acceptors (Lipinski definition) is 4. The Hall–Kier alpha value is -1.47. The molecule has 23 heavy (non-hydrogen) atoms. The smallest absolute Gasteiger partial charge is 0.224 e. The van der Waals surface area contributed by atoms with Gasteiger partial charge in [0, 0.05) is 37.9 Å². The molecule has 1 N–H and O–H groups in total. The molecule has 1 aromatic rings. The second kappa shape index (κ2) is 7.88. The van der Waals surface area contributed by atoms with E-state index in [0.717, 1.165) is 24.1 Å². The van der Waals surface area contributed by atoms with Crippen LogP contribution in [0.3, 0.4) is 0 Å². The normalized spacial score (nSPS) is 19.5. The van der Waals surface area contributed by atoms with Crippen molar-refractivity contribution in [2.24, 2.45) is 5.92 Å². The maximum absolute atomic E-state index is 12.3. The maximum Gasteiger partial charge on any atom is 0.224 e. The number of aromatic nitrogens is 1. The van der Waals surface area contributed by atoms with E-state index in [-0.39, 0.29) is 17.6 Å². The number of amides is 1. The van der Waals surface area contributed by atoms with Crippen LogP contribution in [0.15, 0.2) is 18.3 Å². The van der Waals surface area contributed by atoms with Crippen LogP contribution in [0.5, 0.6) is 0 Å². The Balaban J connectivity index is 1.85. The van der Waals surface area contributed by atoms with E-state index in [1.807, 2.05) is 19.1 Å². The summed E-state index contributed by atoms with van der Waals surface area (Å²) in [6.07, 6.45) is 3.90. The summed E-state index contributed by atoms with van der Waals surface area (Å²) >= 11 is 0. The van der Waals surface area contributed by atoms with Crippen molar-refractivity contribution in [1.82, 2.24) is 14.6 Å². The summed E-state index contributed by atoms with van der Waals surface area (Å²) in [5.41, 5.74) is 2.09. The molecule has 6 nitrogen and oxygen atoms in total. The highest BCUT2D eigenvalue weighted by Crippen LogP contribution is 2.19. The van der Waals surface area contributed by atoms with E-state index < -0.39 is 10.0 Å². The van der Waals surface area contributed by atoms with Crippen molar-refractivity contribution in [3.63, 3.8) is 0 Å². The van der Waals surface area contributed by atoms with E-state index in [4.69, 9.17) is 0 Å². The van der Waals surface area contributed by atoms with Crippen molar-refractivity contribution in [3.8, 4) is 0 Å². The molecule has 0 bridgehead atoms. The topological polar surface area (TPSA) is 79.4 Å². The molecule has 0 saturated carbocycles. The first kappa shape index (κ1) is 17.9. The van der Waals surface area contributed by atoms with Gasteiger partial charge in [-0.2, -0.15) is 0 Å². The van der Waals surface area contributed by atoms with Crippen molar-refractivity contribution in [2.75, 3.05) is 25.4 Å². The number of nitrogens with one attached hydrogen (secondary N) is 1. The molecule has 0 aliphatic carbocycles. The number of nitrogens with zero attached hydrogens (tertiary/aromatic N) is 2. The van der Waals surface area contributed by atoms with Gasteiger partial charge in [-0.05, 0) is 38.3 Å². The second-order valence-corrected chi connectivity index (χ2v) is 8.16. The fourth-order valence-corrected chi connectivity index (χ4v) is 4.00. The van der Waals surface area contributed by atoms with Gasteiger partial charge in [0.15, 0.2) is 0 Å². The van der Waals surface area contributed by atoms with Gasteiger partial charge >= 0.3 is 0 Å². The molecule has 1 saturated heterocycles. The van der Waals surface area contributed by atoms with Gasteiger partial charge in [-0.15, -0.1) is 0 Å². The summed E-state index contributed by atoms with van der Waals surface area (Å²) in [6, 6.07) is 3.89. The molecule has 1 atom stereocenters.